The molecule has 4 N–H and O–H groups in total. The summed E-state index contributed by atoms with van der Waals surface area (Å²) >= 11 is 1.34. The molecule has 0 saturated carbocycles. The van der Waals surface area contributed by atoms with E-state index in [0.29, 0.717) is 35.1 Å². The van der Waals surface area contributed by atoms with Gasteiger partial charge in [-0.05, 0) is 54.4 Å². The third-order valence-corrected chi connectivity index (χ3v) is 4.72. The number of unbranched alkanes of at least 4 members (excludes halogenated alkanes) is 1. The lowest BCUT2D eigenvalue weighted by Crippen LogP contribution is -2.25. The summed E-state index contributed by atoms with van der Waals surface area (Å²) in [5.41, 5.74) is 7.69. The first-order valence-electron chi connectivity index (χ1n) is 8.50. The van der Waals surface area contributed by atoms with Crippen molar-refractivity contribution in [3.05, 3.63) is 52.4 Å². The second kappa shape index (κ2) is 11.0. The van der Waals surface area contributed by atoms with Crippen LogP contribution in [-0.4, -0.2) is 24.9 Å². The fraction of sp³-hybridized carbons (Fsp3) is 0.368. The van der Waals surface area contributed by atoms with E-state index in [1.54, 1.807) is 11.4 Å². The molecule has 2 aromatic rings. The van der Waals surface area contributed by atoms with Crippen molar-refractivity contribution in [1.29, 1.82) is 0 Å². The monoisotopic (exact) mass is 395 g/mol. The molecule has 1 heterocycles. The van der Waals surface area contributed by atoms with Gasteiger partial charge in [0.1, 0.15) is 5.00 Å². The molecule has 0 radical (unpaired) electrons. The Hall–Kier alpha value is -1.89. The van der Waals surface area contributed by atoms with Crippen LogP contribution >= 0.6 is 23.7 Å². The molecule has 5 nitrogen and oxygen atoms in total. The van der Waals surface area contributed by atoms with Gasteiger partial charge in [-0.15, -0.1) is 23.7 Å². The van der Waals surface area contributed by atoms with Crippen molar-refractivity contribution in [1.82, 2.24) is 5.32 Å². The minimum atomic E-state index is -0.213. The molecule has 0 spiro atoms. The molecule has 142 valence electrons. The number of hydrogen-bond acceptors (Lipinski definition) is 4. The Morgan fingerprint density at radius 3 is 2.38 bits per heavy atom. The average molecular weight is 396 g/mol. The first kappa shape index (κ1) is 22.2. The number of carbonyl (C=O) groups is 2. The van der Waals surface area contributed by atoms with E-state index in [0.717, 1.165) is 12.8 Å². The van der Waals surface area contributed by atoms with Gasteiger partial charge in [0.05, 0.1) is 5.56 Å². The molecule has 0 saturated heterocycles. The van der Waals surface area contributed by atoms with Crippen molar-refractivity contribution in [3.8, 4) is 0 Å². The van der Waals surface area contributed by atoms with E-state index >= 15 is 0 Å². The Morgan fingerprint density at radius 2 is 1.77 bits per heavy atom. The van der Waals surface area contributed by atoms with E-state index in [-0.39, 0.29) is 24.2 Å². The van der Waals surface area contributed by atoms with Crippen LogP contribution in [0, 0.1) is 0 Å². The molecule has 26 heavy (non-hydrogen) atoms. The molecule has 0 atom stereocenters. The molecule has 0 unspecified atom stereocenters. The number of hydrogen-bond donors (Lipinski definition) is 3. The first-order chi connectivity index (χ1) is 12.0. The Kier molecular flexibility index (Phi) is 9.34. The maximum atomic E-state index is 12.4. The quantitative estimate of drug-likeness (QED) is 0.590. The maximum Gasteiger partial charge on any atom is 0.256 e. The highest BCUT2D eigenvalue weighted by Crippen LogP contribution is 2.24. The van der Waals surface area contributed by atoms with Crippen LogP contribution in [0.25, 0.3) is 0 Å². The predicted molar refractivity (Wildman–Crippen MR) is 111 cm³/mol. The molecular formula is C19H26ClN3O2S. The Morgan fingerprint density at radius 1 is 1.08 bits per heavy atom. The molecule has 0 fully saturated rings. The van der Waals surface area contributed by atoms with Gasteiger partial charge < -0.3 is 16.4 Å². The zero-order valence-electron chi connectivity index (χ0n) is 15.1. The van der Waals surface area contributed by atoms with Crippen LogP contribution in [0.2, 0.25) is 0 Å². The number of nitrogens with two attached hydrogens (primary N) is 1. The third-order valence-electron chi connectivity index (χ3n) is 3.89. The van der Waals surface area contributed by atoms with Crippen LogP contribution < -0.4 is 16.4 Å². The molecule has 0 aliphatic rings. The number of amides is 2. The number of thiophene rings is 1. The largest absolute Gasteiger partial charge is 0.352 e. The number of anilines is 1. The summed E-state index contributed by atoms with van der Waals surface area (Å²) in [4.78, 5) is 24.7. The summed E-state index contributed by atoms with van der Waals surface area (Å²) in [6.45, 7) is 5.42. The van der Waals surface area contributed by atoms with Crippen LogP contribution in [0.15, 0.2) is 35.7 Å². The van der Waals surface area contributed by atoms with Crippen molar-refractivity contribution < 1.29 is 9.59 Å². The van der Waals surface area contributed by atoms with Gasteiger partial charge >= 0.3 is 0 Å². The molecular weight excluding hydrogens is 370 g/mol. The topological polar surface area (TPSA) is 84.2 Å². The van der Waals surface area contributed by atoms with E-state index < -0.39 is 0 Å². The van der Waals surface area contributed by atoms with Gasteiger partial charge in [0.15, 0.2) is 0 Å². The van der Waals surface area contributed by atoms with E-state index in [2.05, 4.69) is 24.5 Å². The lowest BCUT2D eigenvalue weighted by atomic mass is 10.0. The zero-order chi connectivity index (χ0) is 18.2. The highest BCUT2D eigenvalue weighted by molar-refractivity contribution is 7.14. The van der Waals surface area contributed by atoms with Crippen LogP contribution in [-0.2, 0) is 0 Å². The van der Waals surface area contributed by atoms with Gasteiger partial charge in [-0.1, -0.05) is 26.0 Å². The predicted octanol–water partition coefficient (Wildman–Crippen LogP) is 4.01. The molecule has 0 aliphatic carbocycles. The fourth-order valence-corrected chi connectivity index (χ4v) is 3.13. The Balaban J connectivity index is 0.00000338. The Bertz CT molecular complexity index is 714. The number of rotatable bonds is 8. The van der Waals surface area contributed by atoms with Crippen LogP contribution in [0.1, 0.15) is 58.9 Å². The van der Waals surface area contributed by atoms with Gasteiger partial charge in [-0.3, -0.25) is 9.59 Å². The van der Waals surface area contributed by atoms with E-state index in [4.69, 9.17) is 5.73 Å². The van der Waals surface area contributed by atoms with Crippen molar-refractivity contribution in [2.24, 2.45) is 5.73 Å². The smallest absolute Gasteiger partial charge is 0.256 e. The number of benzene rings is 1. The maximum absolute atomic E-state index is 12.4. The second-order valence-corrected chi connectivity index (χ2v) is 7.06. The summed E-state index contributed by atoms with van der Waals surface area (Å²) in [5, 5.41) is 8.05. The average Bonchev–Trinajstić information content (AvgIpc) is 3.06. The molecule has 2 rings (SSSR count). The summed E-state index contributed by atoms with van der Waals surface area (Å²) in [6, 6.07) is 9.26. The third kappa shape index (κ3) is 6.12. The fourth-order valence-electron chi connectivity index (χ4n) is 2.35. The molecule has 2 amide bonds. The van der Waals surface area contributed by atoms with Crippen molar-refractivity contribution in [2.45, 2.75) is 32.6 Å². The van der Waals surface area contributed by atoms with Gasteiger partial charge in [-0.25, -0.2) is 0 Å². The minimum Gasteiger partial charge on any atom is -0.352 e. The normalized spacial score (nSPS) is 10.3. The molecule has 1 aromatic heterocycles. The SMILES string of the molecule is CC(C)c1ccc(C(=O)Nc2sccc2C(=O)NCCCCN)cc1.Cl. The highest BCUT2D eigenvalue weighted by atomic mass is 35.5. The van der Waals surface area contributed by atoms with Gasteiger partial charge in [-0.2, -0.15) is 0 Å². The first-order valence-corrected chi connectivity index (χ1v) is 9.38. The van der Waals surface area contributed by atoms with E-state index in [9.17, 15) is 9.59 Å². The van der Waals surface area contributed by atoms with E-state index in [1.807, 2.05) is 24.3 Å². The zero-order valence-corrected chi connectivity index (χ0v) is 16.7. The van der Waals surface area contributed by atoms with Crippen LogP contribution in [0.5, 0.6) is 0 Å². The molecule has 0 aliphatic heterocycles. The number of carbonyl (C=O) groups excluding carboxylic acids is 2. The number of nitrogens with one attached hydrogen (secondary N) is 2. The lowest BCUT2D eigenvalue weighted by molar-refractivity contribution is 0.0954. The lowest BCUT2D eigenvalue weighted by Gasteiger charge is -2.09. The van der Waals surface area contributed by atoms with Gasteiger partial charge in [0, 0.05) is 12.1 Å². The molecule has 0 bridgehead atoms. The number of halogens is 1. The van der Waals surface area contributed by atoms with E-state index in [1.165, 1.54) is 16.9 Å². The van der Waals surface area contributed by atoms with Gasteiger partial charge in [0.2, 0.25) is 0 Å². The summed E-state index contributed by atoms with van der Waals surface area (Å²) < 4.78 is 0. The summed E-state index contributed by atoms with van der Waals surface area (Å²) in [5.74, 6) is 0.0302. The molecule has 7 heteroatoms. The molecule has 1 aromatic carbocycles. The van der Waals surface area contributed by atoms with Crippen LogP contribution in [0.4, 0.5) is 5.00 Å². The summed E-state index contributed by atoms with van der Waals surface area (Å²) in [6.07, 6.45) is 1.72. The summed E-state index contributed by atoms with van der Waals surface area (Å²) in [7, 11) is 0. The Labute approximate surface area is 164 Å². The second-order valence-electron chi connectivity index (χ2n) is 6.15. The standard InChI is InChI=1S/C19H25N3O2S.ClH/c1-13(2)14-5-7-15(8-6-14)17(23)22-19-16(9-12-25-19)18(24)21-11-4-3-10-20;/h5-9,12-13H,3-4,10-11,20H2,1-2H3,(H,21,24)(H,22,23);1H. The van der Waals surface area contributed by atoms with Crippen molar-refractivity contribution >= 4 is 40.6 Å². The minimum absolute atomic E-state index is 0. The highest BCUT2D eigenvalue weighted by Gasteiger charge is 2.15. The van der Waals surface area contributed by atoms with Crippen LogP contribution in [0.3, 0.4) is 0 Å². The van der Waals surface area contributed by atoms with Gasteiger partial charge in [0.25, 0.3) is 11.8 Å². The van der Waals surface area contributed by atoms with Crippen molar-refractivity contribution in [3.63, 3.8) is 0 Å². The van der Waals surface area contributed by atoms with Crippen molar-refractivity contribution in [2.75, 3.05) is 18.4 Å².